The first-order chi connectivity index (χ1) is 12.5. The number of hydrogen-bond donors (Lipinski definition) is 2. The fourth-order valence-corrected chi connectivity index (χ4v) is 3.05. The van der Waals surface area contributed by atoms with E-state index in [1.54, 1.807) is 11.9 Å². The van der Waals surface area contributed by atoms with Crippen molar-refractivity contribution in [3.63, 3.8) is 0 Å². The Morgan fingerprint density at radius 1 is 0.962 bits per heavy atom. The standard InChI is InChI=1S/C22H30N2OS/c1-16(2)22(25)23-15-17(3)19-9-11-21(12-10-19)20-7-5-18(6-8-20)13-14-24-26-4/h5-12,16-17,24H,13-15H2,1-4H3,(H,23,25). The Bertz CT molecular complexity index is 680. The molecule has 0 heterocycles. The number of amides is 1. The number of nitrogens with one attached hydrogen (secondary N) is 2. The van der Waals surface area contributed by atoms with Crippen LogP contribution in [0.2, 0.25) is 0 Å². The van der Waals surface area contributed by atoms with E-state index in [1.807, 2.05) is 20.1 Å². The van der Waals surface area contributed by atoms with Gasteiger partial charge in [0.1, 0.15) is 0 Å². The highest BCUT2D eigenvalue weighted by atomic mass is 32.2. The van der Waals surface area contributed by atoms with E-state index in [9.17, 15) is 4.79 Å². The van der Waals surface area contributed by atoms with Crippen LogP contribution in [0.1, 0.15) is 37.8 Å². The van der Waals surface area contributed by atoms with Crippen molar-refractivity contribution in [1.29, 1.82) is 0 Å². The minimum absolute atomic E-state index is 0.0315. The summed E-state index contributed by atoms with van der Waals surface area (Å²) in [6.07, 6.45) is 3.09. The molecule has 0 saturated heterocycles. The molecule has 0 bridgehead atoms. The maximum atomic E-state index is 11.7. The topological polar surface area (TPSA) is 41.1 Å². The van der Waals surface area contributed by atoms with E-state index in [4.69, 9.17) is 0 Å². The van der Waals surface area contributed by atoms with Crippen LogP contribution < -0.4 is 10.0 Å². The maximum absolute atomic E-state index is 11.7. The van der Waals surface area contributed by atoms with Gasteiger partial charge in [-0.2, -0.15) is 0 Å². The molecule has 0 saturated carbocycles. The first-order valence-electron chi connectivity index (χ1n) is 9.24. The van der Waals surface area contributed by atoms with Crippen LogP contribution in [0.4, 0.5) is 0 Å². The summed E-state index contributed by atoms with van der Waals surface area (Å²) < 4.78 is 3.27. The summed E-state index contributed by atoms with van der Waals surface area (Å²) in [6.45, 7) is 7.64. The van der Waals surface area contributed by atoms with Crippen LogP contribution in [0, 0.1) is 5.92 Å². The highest BCUT2D eigenvalue weighted by Crippen LogP contribution is 2.23. The highest BCUT2D eigenvalue weighted by molar-refractivity contribution is 7.96. The van der Waals surface area contributed by atoms with Gasteiger partial charge in [0.2, 0.25) is 5.91 Å². The van der Waals surface area contributed by atoms with Crippen LogP contribution in [0.3, 0.4) is 0 Å². The minimum Gasteiger partial charge on any atom is -0.355 e. The van der Waals surface area contributed by atoms with E-state index < -0.39 is 0 Å². The SMILES string of the molecule is CSNCCc1ccc(-c2ccc(C(C)CNC(=O)C(C)C)cc2)cc1. The monoisotopic (exact) mass is 370 g/mol. The zero-order chi connectivity index (χ0) is 18.9. The second kappa shape index (κ2) is 10.4. The van der Waals surface area contributed by atoms with Crippen molar-refractivity contribution in [3.05, 3.63) is 59.7 Å². The second-order valence-corrected chi connectivity index (χ2v) is 7.67. The van der Waals surface area contributed by atoms with E-state index in [-0.39, 0.29) is 11.8 Å². The van der Waals surface area contributed by atoms with Crippen molar-refractivity contribution in [2.45, 2.75) is 33.1 Å². The molecule has 0 aromatic heterocycles. The summed E-state index contributed by atoms with van der Waals surface area (Å²) in [5, 5.41) is 3.01. The lowest BCUT2D eigenvalue weighted by Gasteiger charge is -2.15. The third-order valence-electron chi connectivity index (χ3n) is 4.53. The molecule has 0 fully saturated rings. The first-order valence-corrected chi connectivity index (χ1v) is 10.5. The molecule has 2 N–H and O–H groups in total. The molecule has 0 aliphatic heterocycles. The van der Waals surface area contributed by atoms with Gasteiger partial charge in [0, 0.05) is 19.0 Å². The summed E-state index contributed by atoms with van der Waals surface area (Å²) >= 11 is 1.66. The van der Waals surface area contributed by atoms with Crippen molar-refractivity contribution < 1.29 is 4.79 Å². The van der Waals surface area contributed by atoms with Gasteiger partial charge in [0.05, 0.1) is 0 Å². The molecule has 0 aliphatic carbocycles. The van der Waals surface area contributed by atoms with Crippen LogP contribution in [-0.2, 0) is 11.2 Å². The van der Waals surface area contributed by atoms with E-state index in [2.05, 4.69) is 65.5 Å². The zero-order valence-electron chi connectivity index (χ0n) is 16.2. The molecule has 4 heteroatoms. The van der Waals surface area contributed by atoms with E-state index in [1.165, 1.54) is 22.3 Å². The Morgan fingerprint density at radius 3 is 2.08 bits per heavy atom. The predicted octanol–water partition coefficient (Wildman–Crippen LogP) is 4.64. The van der Waals surface area contributed by atoms with Gasteiger partial charge in [-0.15, -0.1) is 0 Å². The molecule has 2 aromatic rings. The van der Waals surface area contributed by atoms with Gasteiger partial charge in [0.25, 0.3) is 0 Å². The molecule has 3 nitrogen and oxygen atoms in total. The fraction of sp³-hybridized carbons (Fsp3) is 0.409. The molecular weight excluding hydrogens is 340 g/mol. The molecular formula is C22H30N2OS. The summed E-state index contributed by atoms with van der Waals surface area (Å²) in [5.41, 5.74) is 5.05. The van der Waals surface area contributed by atoms with Crippen molar-refractivity contribution in [1.82, 2.24) is 10.0 Å². The largest absolute Gasteiger partial charge is 0.355 e. The van der Waals surface area contributed by atoms with Crippen molar-refractivity contribution >= 4 is 17.9 Å². The molecule has 0 aliphatic rings. The fourth-order valence-electron chi connectivity index (χ4n) is 2.74. The average Bonchev–Trinajstić information content (AvgIpc) is 2.66. The molecule has 0 radical (unpaired) electrons. The molecule has 2 rings (SSSR count). The quantitative estimate of drug-likeness (QED) is 0.499. The van der Waals surface area contributed by atoms with Crippen molar-refractivity contribution in [3.8, 4) is 11.1 Å². The van der Waals surface area contributed by atoms with E-state index in [0.717, 1.165) is 13.0 Å². The summed E-state index contributed by atoms with van der Waals surface area (Å²) in [6, 6.07) is 17.5. The Hall–Kier alpha value is -1.78. The predicted molar refractivity (Wildman–Crippen MR) is 113 cm³/mol. The lowest BCUT2D eigenvalue weighted by molar-refractivity contribution is -0.124. The van der Waals surface area contributed by atoms with Gasteiger partial charge in [-0.25, -0.2) is 0 Å². The van der Waals surface area contributed by atoms with Crippen LogP contribution in [-0.4, -0.2) is 25.3 Å². The number of carbonyl (C=O) groups excluding carboxylic acids is 1. The summed E-state index contributed by atoms with van der Waals surface area (Å²) in [4.78, 5) is 11.7. The third-order valence-corrected chi connectivity index (χ3v) is 5.03. The number of hydrogen-bond acceptors (Lipinski definition) is 3. The van der Waals surface area contributed by atoms with Crippen LogP contribution in [0.5, 0.6) is 0 Å². The van der Waals surface area contributed by atoms with Crippen LogP contribution in [0.15, 0.2) is 48.5 Å². The Morgan fingerprint density at radius 2 is 1.54 bits per heavy atom. The van der Waals surface area contributed by atoms with Gasteiger partial charge in [-0.1, -0.05) is 81.3 Å². The molecule has 1 unspecified atom stereocenters. The minimum atomic E-state index is 0.0315. The Kier molecular flexibility index (Phi) is 8.20. The second-order valence-electron chi connectivity index (χ2n) is 6.97. The van der Waals surface area contributed by atoms with Crippen molar-refractivity contribution in [2.24, 2.45) is 5.92 Å². The normalized spacial score (nSPS) is 12.2. The van der Waals surface area contributed by atoms with Gasteiger partial charge < -0.3 is 5.32 Å². The number of benzene rings is 2. The molecule has 2 aromatic carbocycles. The highest BCUT2D eigenvalue weighted by Gasteiger charge is 2.10. The van der Waals surface area contributed by atoms with Crippen LogP contribution >= 0.6 is 11.9 Å². The number of carbonyl (C=O) groups is 1. The average molecular weight is 371 g/mol. The number of rotatable bonds is 9. The zero-order valence-corrected chi connectivity index (χ0v) is 17.0. The van der Waals surface area contributed by atoms with Crippen LogP contribution in [0.25, 0.3) is 11.1 Å². The first kappa shape index (κ1) is 20.5. The Labute approximate surface area is 162 Å². The van der Waals surface area contributed by atoms with Gasteiger partial charge in [0.15, 0.2) is 0 Å². The van der Waals surface area contributed by atoms with Gasteiger partial charge >= 0.3 is 0 Å². The smallest absolute Gasteiger partial charge is 0.222 e. The van der Waals surface area contributed by atoms with Gasteiger partial charge in [-0.3, -0.25) is 9.52 Å². The molecule has 0 spiro atoms. The summed E-state index contributed by atoms with van der Waals surface area (Å²) in [5.74, 6) is 0.448. The van der Waals surface area contributed by atoms with E-state index in [0.29, 0.717) is 12.5 Å². The van der Waals surface area contributed by atoms with E-state index >= 15 is 0 Å². The maximum Gasteiger partial charge on any atom is 0.222 e. The lowest BCUT2D eigenvalue weighted by Crippen LogP contribution is -2.30. The molecule has 26 heavy (non-hydrogen) atoms. The molecule has 1 atom stereocenters. The third kappa shape index (κ3) is 6.19. The lowest BCUT2D eigenvalue weighted by atomic mass is 9.96. The summed E-state index contributed by atoms with van der Waals surface area (Å²) in [7, 11) is 0. The van der Waals surface area contributed by atoms with Gasteiger partial charge in [-0.05, 0) is 40.8 Å². The Balaban J connectivity index is 1.94. The molecule has 140 valence electrons. The molecule has 1 amide bonds. The van der Waals surface area contributed by atoms with Crippen molar-refractivity contribution in [2.75, 3.05) is 19.3 Å².